The summed E-state index contributed by atoms with van der Waals surface area (Å²) in [6.07, 6.45) is -2.02. The fourth-order valence-electron chi connectivity index (χ4n) is 7.31. The van der Waals surface area contributed by atoms with E-state index in [4.69, 9.17) is 14.7 Å². The number of anilines is 3. The number of halogens is 1. The first-order valence-corrected chi connectivity index (χ1v) is 16.0. The van der Waals surface area contributed by atoms with Crippen LogP contribution in [0, 0.1) is 5.82 Å². The lowest BCUT2D eigenvalue weighted by molar-refractivity contribution is -0.0511. The van der Waals surface area contributed by atoms with Crippen LogP contribution < -0.4 is 15.1 Å². The number of aromatic nitrogens is 4. The Morgan fingerprint density at radius 3 is 2.13 bits per heavy atom. The van der Waals surface area contributed by atoms with Crippen molar-refractivity contribution in [1.29, 1.82) is 0 Å². The van der Waals surface area contributed by atoms with Crippen LogP contribution in [0.5, 0.6) is 0 Å². The molecular formula is C35H36FN7O4. The van der Waals surface area contributed by atoms with Gasteiger partial charge in [-0.25, -0.2) is 9.37 Å². The molecule has 3 saturated heterocycles. The summed E-state index contributed by atoms with van der Waals surface area (Å²) in [4.78, 5) is 19.2. The van der Waals surface area contributed by atoms with E-state index in [1.807, 2.05) is 48.5 Å². The summed E-state index contributed by atoms with van der Waals surface area (Å²) < 4.78 is 21.1. The molecule has 0 saturated carbocycles. The maximum atomic E-state index is 13.6. The van der Waals surface area contributed by atoms with Crippen LogP contribution in [0.25, 0.3) is 11.2 Å². The van der Waals surface area contributed by atoms with Gasteiger partial charge < -0.3 is 35.2 Å². The van der Waals surface area contributed by atoms with Crippen molar-refractivity contribution in [2.24, 2.45) is 0 Å². The molecule has 0 radical (unpaired) electrons. The van der Waals surface area contributed by atoms with Crippen LogP contribution in [0.2, 0.25) is 0 Å². The molecule has 3 fully saturated rings. The zero-order chi connectivity index (χ0) is 32.1. The summed E-state index contributed by atoms with van der Waals surface area (Å²) in [6, 6.07) is 27.6. The van der Waals surface area contributed by atoms with E-state index < -0.39 is 31.1 Å². The third-order valence-electron chi connectivity index (χ3n) is 9.73. The highest BCUT2D eigenvalue weighted by atomic mass is 19.1. The van der Waals surface area contributed by atoms with E-state index in [0.717, 1.165) is 29.8 Å². The lowest BCUT2D eigenvalue weighted by Gasteiger charge is -2.35. The summed E-state index contributed by atoms with van der Waals surface area (Å²) in [7, 11) is 0. The Labute approximate surface area is 270 Å². The monoisotopic (exact) mass is 637 g/mol. The molecule has 2 aromatic heterocycles. The molecule has 5 aromatic rings. The van der Waals surface area contributed by atoms with Crippen LogP contribution in [0.3, 0.4) is 0 Å². The number of aliphatic hydroxyl groups excluding tert-OH is 3. The molecule has 3 aromatic carbocycles. The van der Waals surface area contributed by atoms with Crippen LogP contribution in [0.1, 0.15) is 29.7 Å². The third-order valence-corrected chi connectivity index (χ3v) is 9.73. The fraction of sp³-hybridized carbons (Fsp3) is 0.343. The summed E-state index contributed by atoms with van der Waals surface area (Å²) >= 11 is 0. The average molecular weight is 638 g/mol. The van der Waals surface area contributed by atoms with Crippen LogP contribution >= 0.6 is 0 Å². The van der Waals surface area contributed by atoms with Gasteiger partial charge in [-0.2, -0.15) is 9.97 Å². The Morgan fingerprint density at radius 2 is 1.51 bits per heavy atom. The number of hydrogen-bond acceptors (Lipinski definition) is 10. The number of imidazole rings is 1. The minimum atomic E-state index is -1.29. The van der Waals surface area contributed by atoms with Crippen molar-refractivity contribution in [3.8, 4) is 0 Å². The number of nitrogens with one attached hydrogen (secondary N) is 1. The van der Waals surface area contributed by atoms with E-state index >= 15 is 0 Å². The van der Waals surface area contributed by atoms with Crippen molar-refractivity contribution >= 4 is 28.6 Å². The second kappa shape index (κ2) is 12.2. The molecule has 47 heavy (non-hydrogen) atoms. The Morgan fingerprint density at radius 1 is 0.851 bits per heavy atom. The fourth-order valence-corrected chi connectivity index (χ4v) is 7.31. The topological polar surface area (TPSA) is 132 Å². The van der Waals surface area contributed by atoms with Gasteiger partial charge in [0.1, 0.15) is 24.1 Å². The van der Waals surface area contributed by atoms with Crippen LogP contribution in [0.4, 0.5) is 21.8 Å². The molecule has 2 bridgehead atoms. The predicted molar refractivity (Wildman–Crippen MR) is 175 cm³/mol. The molecule has 5 heterocycles. The molecule has 6 atom stereocenters. The number of nitrogens with zero attached hydrogens (tertiary/aromatic N) is 6. The Balaban J connectivity index is 1.15. The highest BCUT2D eigenvalue weighted by Crippen LogP contribution is 2.39. The summed E-state index contributed by atoms with van der Waals surface area (Å²) in [6.45, 7) is 1.53. The molecule has 8 rings (SSSR count). The first-order chi connectivity index (χ1) is 23.0. The second-order valence-electron chi connectivity index (χ2n) is 12.5. The lowest BCUT2D eigenvalue weighted by Crippen LogP contribution is -2.47. The molecule has 0 amide bonds. The molecule has 3 aliphatic heterocycles. The van der Waals surface area contributed by atoms with Crippen LogP contribution in [-0.2, 0) is 4.74 Å². The quantitative estimate of drug-likeness (QED) is 0.191. The molecule has 242 valence electrons. The normalized spacial score (nSPS) is 25.4. The van der Waals surface area contributed by atoms with Gasteiger partial charge in [0.15, 0.2) is 23.2 Å². The molecule has 4 N–H and O–H groups in total. The number of fused-ring (bicyclic) bond motifs is 3. The number of hydrogen-bond donors (Lipinski definition) is 4. The average Bonchev–Trinajstić information content (AvgIpc) is 3.89. The first kappa shape index (κ1) is 29.8. The highest BCUT2D eigenvalue weighted by molar-refractivity contribution is 5.84. The van der Waals surface area contributed by atoms with Gasteiger partial charge in [0.05, 0.1) is 19.0 Å². The SMILES string of the molecule is OC[C@H]1O[C@@H](n2cnc3c(NCC(c4ccccc4)c4ccccc4)nc(N4C[C@@H]5C[C@@H]4CN5c4ccc(F)cc4)nc32)[C@H](O)[C@@H]1O. The van der Waals surface area contributed by atoms with Gasteiger partial charge in [-0.05, 0) is 41.8 Å². The number of rotatable bonds is 9. The van der Waals surface area contributed by atoms with Gasteiger partial charge in [0.2, 0.25) is 5.95 Å². The van der Waals surface area contributed by atoms with Crippen molar-refractivity contribution in [1.82, 2.24) is 19.5 Å². The molecule has 11 nitrogen and oxygen atoms in total. The van der Waals surface area contributed by atoms with Crippen molar-refractivity contribution < 1.29 is 24.4 Å². The van der Waals surface area contributed by atoms with E-state index in [2.05, 4.69) is 44.4 Å². The molecule has 0 aliphatic carbocycles. The summed E-state index contributed by atoms with van der Waals surface area (Å²) in [5.41, 5.74) is 4.26. The Kier molecular flexibility index (Phi) is 7.72. The minimum Gasteiger partial charge on any atom is -0.394 e. The standard InChI is InChI=1S/C35H36FN7O4/c36-23-11-13-24(14-12-23)41-17-26-15-25(41)18-42(26)35-39-32(37-16-27(21-7-3-1-4-8-21)22-9-5-2-6-10-22)29-33(40-35)43(20-38-29)34-31(46)30(45)28(19-44)47-34/h1-14,20,25-28,30-31,34,44-46H,15-19H2,(H,37,39,40)/t25-,26+,28+,30+,31+,34+/m0/s1. The largest absolute Gasteiger partial charge is 0.394 e. The van der Waals surface area contributed by atoms with Crippen molar-refractivity contribution in [3.05, 3.63) is 108 Å². The number of aliphatic hydroxyl groups is 3. The molecule has 0 spiro atoms. The zero-order valence-electron chi connectivity index (χ0n) is 25.5. The number of piperazine rings is 1. The smallest absolute Gasteiger partial charge is 0.229 e. The van der Waals surface area contributed by atoms with Gasteiger partial charge in [0.25, 0.3) is 0 Å². The van der Waals surface area contributed by atoms with Crippen molar-refractivity contribution in [2.75, 3.05) is 41.4 Å². The minimum absolute atomic E-state index is 0.0282. The van der Waals surface area contributed by atoms with Gasteiger partial charge >= 0.3 is 0 Å². The predicted octanol–water partition coefficient (Wildman–Crippen LogP) is 3.29. The first-order valence-electron chi connectivity index (χ1n) is 16.0. The molecule has 3 aliphatic rings. The summed E-state index contributed by atoms with van der Waals surface area (Å²) in [5.74, 6) is 0.843. The van der Waals surface area contributed by atoms with Crippen molar-refractivity contribution in [2.45, 2.75) is 49.0 Å². The van der Waals surface area contributed by atoms with Crippen LogP contribution in [0.15, 0.2) is 91.3 Å². The lowest BCUT2D eigenvalue weighted by atomic mass is 9.91. The van der Waals surface area contributed by atoms with E-state index in [1.165, 1.54) is 18.5 Å². The molecular weight excluding hydrogens is 601 g/mol. The van der Waals surface area contributed by atoms with E-state index in [-0.39, 0.29) is 23.8 Å². The number of ether oxygens (including phenoxy) is 1. The van der Waals surface area contributed by atoms with Gasteiger partial charge in [-0.1, -0.05) is 60.7 Å². The van der Waals surface area contributed by atoms with E-state index in [9.17, 15) is 19.7 Å². The van der Waals surface area contributed by atoms with Gasteiger partial charge in [-0.15, -0.1) is 0 Å². The zero-order valence-corrected chi connectivity index (χ0v) is 25.5. The Hall–Kier alpha value is -4.62. The van der Waals surface area contributed by atoms with E-state index in [1.54, 1.807) is 4.57 Å². The number of benzene rings is 3. The van der Waals surface area contributed by atoms with Gasteiger partial charge in [-0.3, -0.25) is 4.57 Å². The van der Waals surface area contributed by atoms with E-state index in [0.29, 0.717) is 36.0 Å². The molecule has 12 heteroatoms. The Bertz CT molecular complexity index is 1800. The maximum absolute atomic E-state index is 13.6. The maximum Gasteiger partial charge on any atom is 0.229 e. The highest BCUT2D eigenvalue weighted by Gasteiger charge is 2.46. The second-order valence-corrected chi connectivity index (χ2v) is 12.5. The summed E-state index contributed by atoms with van der Waals surface area (Å²) in [5, 5.41) is 34.7. The van der Waals surface area contributed by atoms with Gasteiger partial charge in [0, 0.05) is 37.3 Å². The van der Waals surface area contributed by atoms with Crippen LogP contribution in [-0.4, -0.2) is 91.5 Å². The third kappa shape index (κ3) is 5.36. The van der Waals surface area contributed by atoms with Crippen molar-refractivity contribution in [3.63, 3.8) is 0 Å². The molecule has 0 unspecified atom stereocenters.